The Kier molecular flexibility index (Phi) is 7.16. The molecule has 4 rings (SSSR count). The van der Waals surface area contributed by atoms with E-state index >= 15 is 0 Å². The van der Waals surface area contributed by atoms with E-state index in [1.165, 1.54) is 18.2 Å². The van der Waals surface area contributed by atoms with Gasteiger partial charge in [-0.25, -0.2) is 9.71 Å². The number of sulfonamides is 1. The largest absolute Gasteiger partial charge is 0.494 e. The zero-order chi connectivity index (χ0) is 25.9. The average Bonchev–Trinajstić information content (AvgIpc) is 3.11. The molecule has 10 heteroatoms. The van der Waals surface area contributed by atoms with Crippen LogP contribution >= 0.6 is 0 Å². The Bertz CT molecular complexity index is 1360. The van der Waals surface area contributed by atoms with Gasteiger partial charge in [0.05, 0.1) is 12.2 Å². The molecule has 3 aromatic rings. The normalized spacial score (nSPS) is 17.0. The Morgan fingerprint density at radius 1 is 1.14 bits per heavy atom. The minimum atomic E-state index is -4.28. The van der Waals surface area contributed by atoms with Crippen molar-refractivity contribution in [2.24, 2.45) is 5.92 Å². The minimum Gasteiger partial charge on any atom is -0.494 e. The van der Waals surface area contributed by atoms with Gasteiger partial charge in [0, 0.05) is 30.4 Å². The first-order chi connectivity index (χ1) is 17.1. The van der Waals surface area contributed by atoms with Crippen molar-refractivity contribution >= 4 is 21.7 Å². The van der Waals surface area contributed by atoms with Crippen molar-refractivity contribution in [3.63, 3.8) is 0 Å². The molecule has 3 heterocycles. The Labute approximate surface area is 211 Å². The van der Waals surface area contributed by atoms with E-state index in [2.05, 4.69) is 40.4 Å². The number of rotatable bonds is 8. The van der Waals surface area contributed by atoms with E-state index in [0.29, 0.717) is 29.8 Å². The van der Waals surface area contributed by atoms with E-state index in [9.17, 15) is 13.2 Å². The number of ether oxygens (including phenoxy) is 2. The van der Waals surface area contributed by atoms with E-state index in [-0.39, 0.29) is 22.0 Å². The highest BCUT2D eigenvalue weighted by Gasteiger charge is 2.39. The van der Waals surface area contributed by atoms with Crippen LogP contribution in [0.4, 0.5) is 5.82 Å². The molecule has 1 unspecified atom stereocenters. The standard InChI is InChI=1S/C26H30N4O5S/c1-5-34-19-9-6-10-20(15-19)35-22-12-7-13-23(28-22)36(32,33)29-25(31)21-11-8-14-27-24(21)30-17-18(2)16-26(30,3)4/h6-15,18H,5,16-17H2,1-4H3,(H,29,31). The number of anilines is 1. The molecule has 0 radical (unpaired) electrons. The van der Waals surface area contributed by atoms with Crippen LogP contribution in [0.15, 0.2) is 65.8 Å². The van der Waals surface area contributed by atoms with Crippen molar-refractivity contribution < 1.29 is 22.7 Å². The molecule has 1 atom stereocenters. The summed E-state index contributed by atoms with van der Waals surface area (Å²) in [5, 5.41) is -0.338. The van der Waals surface area contributed by atoms with Crippen LogP contribution in [0, 0.1) is 5.92 Å². The zero-order valence-electron chi connectivity index (χ0n) is 20.8. The van der Waals surface area contributed by atoms with Gasteiger partial charge in [-0.15, -0.1) is 0 Å². The van der Waals surface area contributed by atoms with Gasteiger partial charge in [-0.1, -0.05) is 19.1 Å². The highest BCUT2D eigenvalue weighted by Crippen LogP contribution is 2.37. The second-order valence-corrected chi connectivity index (χ2v) is 11.0. The highest BCUT2D eigenvalue weighted by atomic mass is 32.2. The average molecular weight is 511 g/mol. The monoisotopic (exact) mass is 510 g/mol. The molecule has 2 aromatic heterocycles. The lowest BCUT2D eigenvalue weighted by atomic mass is 9.97. The van der Waals surface area contributed by atoms with Crippen molar-refractivity contribution in [2.45, 2.75) is 44.7 Å². The maximum Gasteiger partial charge on any atom is 0.281 e. The molecule has 1 amide bonds. The first-order valence-electron chi connectivity index (χ1n) is 11.8. The van der Waals surface area contributed by atoms with Gasteiger partial charge in [0.25, 0.3) is 15.9 Å². The molecule has 9 nitrogen and oxygen atoms in total. The Balaban J connectivity index is 1.55. The van der Waals surface area contributed by atoms with Crippen LogP contribution in [0.1, 0.15) is 44.5 Å². The van der Waals surface area contributed by atoms with Gasteiger partial charge in [-0.05, 0) is 63.4 Å². The molecule has 36 heavy (non-hydrogen) atoms. The lowest BCUT2D eigenvalue weighted by Crippen LogP contribution is -2.41. The summed E-state index contributed by atoms with van der Waals surface area (Å²) < 4.78 is 39.5. The van der Waals surface area contributed by atoms with Crippen LogP contribution in [0.3, 0.4) is 0 Å². The van der Waals surface area contributed by atoms with Crippen molar-refractivity contribution in [2.75, 3.05) is 18.1 Å². The number of carbonyl (C=O) groups excluding carboxylic acids is 1. The lowest BCUT2D eigenvalue weighted by Gasteiger charge is -2.33. The summed E-state index contributed by atoms with van der Waals surface area (Å²) in [6.45, 7) is 9.41. The maximum absolute atomic E-state index is 13.1. The molecule has 1 aromatic carbocycles. The fraction of sp³-hybridized carbons (Fsp3) is 0.346. The lowest BCUT2D eigenvalue weighted by molar-refractivity contribution is 0.0981. The fourth-order valence-corrected chi connectivity index (χ4v) is 5.42. The summed E-state index contributed by atoms with van der Waals surface area (Å²) in [7, 11) is -4.28. The van der Waals surface area contributed by atoms with Crippen LogP contribution in [-0.2, 0) is 10.0 Å². The van der Waals surface area contributed by atoms with Crippen molar-refractivity contribution in [3.05, 3.63) is 66.4 Å². The number of hydrogen-bond donors (Lipinski definition) is 1. The van der Waals surface area contributed by atoms with E-state index in [0.717, 1.165) is 13.0 Å². The number of carbonyl (C=O) groups is 1. The molecule has 1 N–H and O–H groups in total. The summed E-state index contributed by atoms with van der Waals surface area (Å²) in [5.74, 6) is 1.23. The van der Waals surface area contributed by atoms with Crippen LogP contribution < -0.4 is 19.1 Å². The van der Waals surface area contributed by atoms with E-state index in [1.807, 2.05) is 6.92 Å². The number of nitrogens with one attached hydrogen (secondary N) is 1. The van der Waals surface area contributed by atoms with Gasteiger partial charge < -0.3 is 14.4 Å². The molecule has 1 aliphatic heterocycles. The number of hydrogen-bond acceptors (Lipinski definition) is 8. The summed E-state index contributed by atoms with van der Waals surface area (Å²) in [5.41, 5.74) is -0.0302. The molecule has 0 saturated carbocycles. The van der Waals surface area contributed by atoms with Gasteiger partial charge in [-0.2, -0.15) is 13.4 Å². The SMILES string of the molecule is CCOc1cccc(Oc2cccc(S(=O)(=O)NC(=O)c3cccnc3N3CC(C)CC3(C)C)n2)c1. The van der Waals surface area contributed by atoms with Gasteiger partial charge in [0.1, 0.15) is 17.3 Å². The smallest absolute Gasteiger partial charge is 0.281 e. The van der Waals surface area contributed by atoms with Crippen LogP contribution in [0.5, 0.6) is 17.4 Å². The zero-order valence-corrected chi connectivity index (χ0v) is 21.6. The molecule has 0 aliphatic carbocycles. The molecule has 0 bridgehead atoms. The van der Waals surface area contributed by atoms with Crippen LogP contribution in [0.2, 0.25) is 0 Å². The predicted molar refractivity (Wildman–Crippen MR) is 136 cm³/mol. The molecule has 190 valence electrons. The summed E-state index contributed by atoms with van der Waals surface area (Å²) in [6.07, 6.45) is 2.54. The van der Waals surface area contributed by atoms with E-state index < -0.39 is 15.9 Å². The molecule has 1 aliphatic rings. The first-order valence-corrected chi connectivity index (χ1v) is 13.2. The van der Waals surface area contributed by atoms with E-state index in [4.69, 9.17) is 9.47 Å². The van der Waals surface area contributed by atoms with Gasteiger partial charge >= 0.3 is 0 Å². The Morgan fingerprint density at radius 2 is 1.89 bits per heavy atom. The second-order valence-electron chi connectivity index (χ2n) is 9.37. The minimum absolute atomic E-state index is 0.0637. The number of amides is 1. The van der Waals surface area contributed by atoms with E-state index in [1.54, 1.807) is 42.6 Å². The Morgan fingerprint density at radius 3 is 2.61 bits per heavy atom. The number of aromatic nitrogens is 2. The summed E-state index contributed by atoms with van der Waals surface area (Å²) in [4.78, 5) is 23.7. The predicted octanol–water partition coefficient (Wildman–Crippen LogP) is 4.41. The van der Waals surface area contributed by atoms with Crippen LogP contribution in [-0.4, -0.2) is 43.0 Å². The van der Waals surface area contributed by atoms with Gasteiger partial charge in [0.2, 0.25) is 5.88 Å². The fourth-order valence-electron chi connectivity index (χ4n) is 4.50. The first kappa shape index (κ1) is 25.4. The molecule has 1 saturated heterocycles. The molecular formula is C26H30N4O5S. The van der Waals surface area contributed by atoms with Crippen molar-refractivity contribution in [1.29, 1.82) is 0 Å². The number of pyridine rings is 2. The van der Waals surface area contributed by atoms with Crippen LogP contribution in [0.25, 0.3) is 0 Å². The summed E-state index contributed by atoms with van der Waals surface area (Å²) >= 11 is 0. The third-order valence-corrected chi connectivity index (χ3v) is 7.13. The van der Waals surface area contributed by atoms with Gasteiger partial charge in [0.15, 0.2) is 5.03 Å². The van der Waals surface area contributed by atoms with Gasteiger partial charge in [-0.3, -0.25) is 4.79 Å². The number of nitrogens with zero attached hydrogens (tertiary/aromatic N) is 3. The van der Waals surface area contributed by atoms with Crippen molar-refractivity contribution in [1.82, 2.24) is 14.7 Å². The maximum atomic E-state index is 13.1. The molecule has 1 fully saturated rings. The Hall–Kier alpha value is -3.66. The topological polar surface area (TPSA) is 111 Å². The molecular weight excluding hydrogens is 480 g/mol. The second kappa shape index (κ2) is 10.1. The quantitative estimate of drug-likeness (QED) is 0.474. The third-order valence-electron chi connectivity index (χ3n) is 5.90. The summed E-state index contributed by atoms with van der Waals surface area (Å²) in [6, 6.07) is 14.4. The molecule has 0 spiro atoms. The highest BCUT2D eigenvalue weighted by molar-refractivity contribution is 7.90. The van der Waals surface area contributed by atoms with Crippen molar-refractivity contribution in [3.8, 4) is 17.4 Å². The number of benzene rings is 1. The third kappa shape index (κ3) is 5.59.